The number of rotatable bonds is 3. The van der Waals surface area contributed by atoms with E-state index >= 15 is 0 Å². The second kappa shape index (κ2) is 6.43. The van der Waals surface area contributed by atoms with Gasteiger partial charge in [-0.1, -0.05) is 24.3 Å². The highest BCUT2D eigenvalue weighted by Crippen LogP contribution is 2.11. The monoisotopic (exact) mass is 339 g/mol. The maximum Gasteiger partial charge on any atom is 0.413 e. The van der Waals surface area contributed by atoms with Crippen LogP contribution < -0.4 is 5.32 Å². The molecule has 0 atom stereocenters. The first-order valence-electron chi connectivity index (χ1n) is 7.98. The molecular weight excluding hydrogens is 318 g/mol. The van der Waals surface area contributed by atoms with Gasteiger partial charge in [0.25, 0.3) is 0 Å². The largest absolute Gasteiger partial charge is 0.444 e. The Kier molecular flexibility index (Phi) is 4.31. The predicted octanol–water partition coefficient (Wildman–Crippen LogP) is 3.03. The van der Waals surface area contributed by atoms with Gasteiger partial charge in [0.05, 0.1) is 6.20 Å². The fourth-order valence-electron chi connectivity index (χ4n) is 2.45. The van der Waals surface area contributed by atoms with Crippen LogP contribution in [0.1, 0.15) is 31.9 Å². The molecule has 2 N–H and O–H groups in total. The lowest BCUT2D eigenvalue weighted by Crippen LogP contribution is -2.36. The van der Waals surface area contributed by atoms with Gasteiger partial charge < -0.3 is 9.30 Å². The van der Waals surface area contributed by atoms with Crippen LogP contribution in [0.5, 0.6) is 0 Å². The Morgan fingerprint density at radius 3 is 2.60 bits per heavy atom. The van der Waals surface area contributed by atoms with Gasteiger partial charge in [0.1, 0.15) is 17.1 Å². The Hall–Kier alpha value is -3.09. The minimum atomic E-state index is -0.628. The third kappa shape index (κ3) is 4.06. The molecule has 0 unspecified atom stereocenters. The van der Waals surface area contributed by atoms with Gasteiger partial charge in [-0.05, 0) is 26.3 Å². The number of nitrogens with zero attached hydrogens (tertiary/aromatic N) is 3. The van der Waals surface area contributed by atoms with Gasteiger partial charge in [-0.3, -0.25) is 10.7 Å². The third-order valence-corrected chi connectivity index (χ3v) is 3.55. The molecule has 7 nitrogen and oxygen atoms in total. The number of hydrogen-bond donors (Lipinski definition) is 2. The van der Waals surface area contributed by atoms with Crippen LogP contribution in [0, 0.1) is 5.41 Å². The zero-order valence-corrected chi connectivity index (χ0v) is 14.5. The summed E-state index contributed by atoms with van der Waals surface area (Å²) in [6.07, 6.45) is 5.02. The number of nitrogens with one attached hydrogen (secondary N) is 2. The standard InChI is InChI=1S/C18H21N5O2/c1-18(2,3)25-17(24)21-16(19)14-6-4-13(5-7-14)12-22-10-11-23-15(22)8-9-20-23/h4-11H,12H2,1-3H3,(H2,19,21,24). The molecule has 0 aliphatic heterocycles. The molecule has 0 aliphatic carbocycles. The molecule has 1 amide bonds. The number of ether oxygens (including phenoxy) is 1. The van der Waals surface area contributed by atoms with Crippen LogP contribution in [0.2, 0.25) is 0 Å². The maximum absolute atomic E-state index is 11.7. The number of carbonyl (C=O) groups is 1. The molecule has 7 heteroatoms. The number of benzene rings is 1. The lowest BCUT2D eigenvalue weighted by Gasteiger charge is -2.19. The third-order valence-electron chi connectivity index (χ3n) is 3.55. The van der Waals surface area contributed by atoms with Crippen molar-refractivity contribution in [3.8, 4) is 0 Å². The Balaban J connectivity index is 1.65. The van der Waals surface area contributed by atoms with E-state index in [9.17, 15) is 4.79 Å². The number of imidazole rings is 1. The van der Waals surface area contributed by atoms with Gasteiger partial charge >= 0.3 is 6.09 Å². The molecule has 3 aromatic rings. The van der Waals surface area contributed by atoms with Crippen LogP contribution in [0.4, 0.5) is 4.79 Å². The Morgan fingerprint density at radius 2 is 1.92 bits per heavy atom. The molecule has 2 heterocycles. The molecule has 3 rings (SSSR count). The molecule has 0 spiro atoms. The summed E-state index contributed by atoms with van der Waals surface area (Å²) in [5.74, 6) is 0.0138. The van der Waals surface area contributed by atoms with Crippen molar-refractivity contribution >= 4 is 17.6 Å². The molecular formula is C18H21N5O2. The van der Waals surface area contributed by atoms with Gasteiger partial charge in [-0.15, -0.1) is 0 Å². The number of carbonyl (C=O) groups excluding carboxylic acids is 1. The van der Waals surface area contributed by atoms with Gasteiger partial charge in [-0.2, -0.15) is 5.10 Å². The lowest BCUT2D eigenvalue weighted by atomic mass is 10.1. The summed E-state index contributed by atoms with van der Waals surface area (Å²) < 4.78 is 9.06. The Bertz CT molecular complexity index is 900. The molecule has 0 saturated heterocycles. The summed E-state index contributed by atoms with van der Waals surface area (Å²) in [5.41, 5.74) is 2.14. The van der Waals surface area contributed by atoms with E-state index in [1.807, 2.05) is 47.2 Å². The highest BCUT2D eigenvalue weighted by Gasteiger charge is 2.17. The van der Waals surface area contributed by atoms with E-state index in [1.54, 1.807) is 27.0 Å². The maximum atomic E-state index is 11.7. The van der Waals surface area contributed by atoms with E-state index in [-0.39, 0.29) is 5.84 Å². The van der Waals surface area contributed by atoms with Crippen molar-refractivity contribution in [2.24, 2.45) is 0 Å². The van der Waals surface area contributed by atoms with Crippen molar-refractivity contribution in [1.82, 2.24) is 19.5 Å². The molecule has 130 valence electrons. The molecule has 2 aromatic heterocycles. The van der Waals surface area contributed by atoms with E-state index in [1.165, 1.54) is 0 Å². The van der Waals surface area contributed by atoms with Crippen LogP contribution in [-0.4, -0.2) is 31.7 Å². The van der Waals surface area contributed by atoms with Gasteiger partial charge in [-0.25, -0.2) is 9.31 Å². The summed E-state index contributed by atoms with van der Waals surface area (Å²) >= 11 is 0. The van der Waals surface area contributed by atoms with E-state index in [2.05, 4.69) is 15.0 Å². The van der Waals surface area contributed by atoms with E-state index in [0.29, 0.717) is 12.1 Å². The lowest BCUT2D eigenvalue weighted by molar-refractivity contribution is 0.0563. The first-order valence-corrected chi connectivity index (χ1v) is 7.98. The fraction of sp³-hybridized carbons (Fsp3) is 0.278. The van der Waals surface area contributed by atoms with Crippen molar-refractivity contribution in [2.75, 3.05) is 0 Å². The Morgan fingerprint density at radius 1 is 1.20 bits per heavy atom. The van der Waals surface area contributed by atoms with Crippen LogP contribution in [-0.2, 0) is 11.3 Å². The van der Waals surface area contributed by atoms with Crippen molar-refractivity contribution < 1.29 is 9.53 Å². The number of fused-ring (bicyclic) bond motifs is 1. The van der Waals surface area contributed by atoms with Crippen LogP contribution >= 0.6 is 0 Å². The van der Waals surface area contributed by atoms with Crippen molar-refractivity contribution in [3.63, 3.8) is 0 Å². The van der Waals surface area contributed by atoms with E-state index < -0.39 is 11.7 Å². The molecule has 25 heavy (non-hydrogen) atoms. The second-order valence-electron chi connectivity index (χ2n) is 6.76. The molecule has 0 fully saturated rings. The first kappa shape index (κ1) is 16.8. The number of alkyl carbamates (subject to hydrolysis) is 1. The molecule has 0 radical (unpaired) electrons. The van der Waals surface area contributed by atoms with Crippen LogP contribution in [0.15, 0.2) is 48.9 Å². The molecule has 0 bridgehead atoms. The van der Waals surface area contributed by atoms with Gasteiger partial charge in [0.2, 0.25) is 0 Å². The molecule has 1 aromatic carbocycles. The molecule has 0 saturated carbocycles. The van der Waals surface area contributed by atoms with Crippen molar-refractivity contribution in [3.05, 3.63) is 60.0 Å². The fourth-order valence-corrected chi connectivity index (χ4v) is 2.45. The zero-order valence-electron chi connectivity index (χ0n) is 14.5. The van der Waals surface area contributed by atoms with Crippen LogP contribution in [0.3, 0.4) is 0 Å². The first-order chi connectivity index (χ1) is 11.8. The topological polar surface area (TPSA) is 84.4 Å². The zero-order chi connectivity index (χ0) is 18.0. The SMILES string of the molecule is CC(C)(C)OC(=O)NC(=N)c1ccc(Cn2ccn3nccc23)cc1. The second-order valence-corrected chi connectivity index (χ2v) is 6.76. The normalized spacial score (nSPS) is 11.5. The van der Waals surface area contributed by atoms with E-state index in [0.717, 1.165) is 11.2 Å². The van der Waals surface area contributed by atoms with Crippen molar-refractivity contribution in [1.29, 1.82) is 5.41 Å². The predicted molar refractivity (Wildman–Crippen MR) is 94.9 cm³/mol. The average molecular weight is 339 g/mol. The summed E-state index contributed by atoms with van der Waals surface area (Å²) in [6, 6.07) is 9.45. The smallest absolute Gasteiger partial charge is 0.413 e. The number of amides is 1. The van der Waals surface area contributed by atoms with Crippen LogP contribution in [0.25, 0.3) is 5.65 Å². The van der Waals surface area contributed by atoms with Gasteiger partial charge in [0.15, 0.2) is 0 Å². The number of hydrogen-bond acceptors (Lipinski definition) is 4. The summed E-state index contributed by atoms with van der Waals surface area (Å²) in [6.45, 7) is 6.05. The van der Waals surface area contributed by atoms with Gasteiger partial charge in [0, 0.05) is 30.6 Å². The number of amidine groups is 1. The summed E-state index contributed by atoms with van der Waals surface area (Å²) in [7, 11) is 0. The average Bonchev–Trinajstić information content (AvgIpc) is 3.11. The highest BCUT2D eigenvalue weighted by atomic mass is 16.6. The minimum absolute atomic E-state index is 0.0138. The number of aromatic nitrogens is 3. The highest BCUT2D eigenvalue weighted by molar-refractivity contribution is 6.04. The Labute approximate surface area is 145 Å². The summed E-state index contributed by atoms with van der Waals surface area (Å²) in [5, 5.41) is 14.6. The van der Waals surface area contributed by atoms with Crippen molar-refractivity contribution in [2.45, 2.75) is 32.9 Å². The minimum Gasteiger partial charge on any atom is -0.444 e. The molecule has 0 aliphatic rings. The van der Waals surface area contributed by atoms with E-state index in [4.69, 9.17) is 10.1 Å². The quantitative estimate of drug-likeness (QED) is 0.568. The summed E-state index contributed by atoms with van der Waals surface area (Å²) in [4.78, 5) is 11.7.